The van der Waals surface area contributed by atoms with Crippen molar-refractivity contribution in [1.29, 1.82) is 0 Å². The van der Waals surface area contributed by atoms with Gasteiger partial charge in [0.2, 0.25) is 5.91 Å². The maximum atomic E-state index is 13.9. The third-order valence-corrected chi connectivity index (χ3v) is 9.04. The molecule has 45 heavy (non-hydrogen) atoms. The summed E-state index contributed by atoms with van der Waals surface area (Å²) in [5.74, 6) is 0.642. The van der Waals surface area contributed by atoms with Crippen molar-refractivity contribution in [2.75, 3.05) is 45.9 Å². The average molecular weight is 622 g/mol. The van der Waals surface area contributed by atoms with Gasteiger partial charge in [0.25, 0.3) is 5.91 Å². The molecule has 1 unspecified atom stereocenters. The lowest BCUT2D eigenvalue weighted by atomic mass is 10.0. The molecule has 2 aliphatic rings. The maximum Gasteiger partial charge on any atom is 0.409 e. The van der Waals surface area contributed by atoms with Crippen LogP contribution in [0.4, 0.5) is 10.5 Å². The molecule has 242 valence electrons. The number of fused-ring (bicyclic) bond motifs is 1. The van der Waals surface area contributed by atoms with Gasteiger partial charge in [-0.1, -0.05) is 25.5 Å². The number of unbranched alkanes of at least 4 members (excludes halogenated alkanes) is 1. The summed E-state index contributed by atoms with van der Waals surface area (Å²) in [5.41, 5.74) is 2.50. The van der Waals surface area contributed by atoms with Crippen molar-refractivity contribution in [3.05, 3.63) is 52.4 Å². The Labute approximate surface area is 263 Å². The largest absolute Gasteiger partial charge is 0.497 e. The van der Waals surface area contributed by atoms with E-state index in [0.717, 1.165) is 36.9 Å². The minimum absolute atomic E-state index is 0.0306. The highest BCUT2D eigenvalue weighted by Crippen LogP contribution is 2.39. The van der Waals surface area contributed by atoms with Gasteiger partial charge in [-0.25, -0.2) is 9.59 Å². The molecule has 2 aromatic carbocycles. The minimum Gasteiger partial charge on any atom is -0.497 e. The van der Waals surface area contributed by atoms with Gasteiger partial charge in [-0.3, -0.25) is 23.6 Å². The zero-order valence-electron chi connectivity index (χ0n) is 26.8. The van der Waals surface area contributed by atoms with E-state index in [1.54, 1.807) is 49.9 Å². The second-order valence-corrected chi connectivity index (χ2v) is 11.7. The Balaban J connectivity index is 1.42. The predicted molar refractivity (Wildman–Crippen MR) is 170 cm³/mol. The van der Waals surface area contributed by atoms with Crippen molar-refractivity contribution in [3.8, 4) is 11.5 Å². The number of aromatic nitrogens is 2. The van der Waals surface area contributed by atoms with Crippen LogP contribution in [0.1, 0.15) is 57.1 Å². The number of ether oxygens (including phenoxy) is 3. The van der Waals surface area contributed by atoms with Gasteiger partial charge in [0.05, 0.1) is 38.4 Å². The number of nitrogens with zero attached hydrogens (tertiary/aromatic N) is 5. The van der Waals surface area contributed by atoms with Crippen LogP contribution in [0.2, 0.25) is 0 Å². The summed E-state index contributed by atoms with van der Waals surface area (Å²) in [6, 6.07) is 10.1. The first-order chi connectivity index (χ1) is 21.7. The normalized spacial score (nSPS) is 17.6. The Kier molecular flexibility index (Phi) is 9.69. The Bertz CT molecular complexity index is 1600. The number of likely N-dealkylation sites (tertiary alicyclic amines) is 1. The van der Waals surface area contributed by atoms with Gasteiger partial charge in [-0.15, -0.1) is 0 Å². The van der Waals surface area contributed by atoms with E-state index in [2.05, 4.69) is 11.8 Å². The standard InChI is InChI=1S/C33H43N5O7/c1-6-7-20-45-33(42)34(2)23-16-18-36(19-17-23)30-27(44-5)14-12-25-29(30)35(3)32(41)38(25)26-13-15-28(39)37(31(26)40)21-22-8-10-24(43-4)11-9-22/h8-12,14,23,26H,6-7,13,15-21H2,1-5H3. The summed E-state index contributed by atoms with van der Waals surface area (Å²) in [4.78, 5) is 58.3. The zero-order valence-corrected chi connectivity index (χ0v) is 26.8. The van der Waals surface area contributed by atoms with Crippen LogP contribution in [-0.4, -0.2) is 83.8 Å². The quantitative estimate of drug-likeness (QED) is 0.246. The summed E-state index contributed by atoms with van der Waals surface area (Å²) in [7, 11) is 6.66. The summed E-state index contributed by atoms with van der Waals surface area (Å²) in [5, 5.41) is 0. The highest BCUT2D eigenvalue weighted by Gasteiger charge is 2.38. The predicted octanol–water partition coefficient (Wildman–Crippen LogP) is 4.08. The van der Waals surface area contributed by atoms with E-state index in [4.69, 9.17) is 14.2 Å². The average Bonchev–Trinajstić information content (AvgIpc) is 3.31. The van der Waals surface area contributed by atoms with Crippen molar-refractivity contribution in [2.45, 2.75) is 64.1 Å². The van der Waals surface area contributed by atoms with Gasteiger partial charge in [0, 0.05) is 39.6 Å². The zero-order chi connectivity index (χ0) is 32.2. The summed E-state index contributed by atoms with van der Waals surface area (Å²) in [6.07, 6.45) is 3.32. The van der Waals surface area contributed by atoms with E-state index in [9.17, 15) is 19.2 Å². The number of hydrogen-bond donors (Lipinski definition) is 0. The second kappa shape index (κ2) is 13.7. The maximum absolute atomic E-state index is 13.9. The molecule has 1 atom stereocenters. The number of rotatable bonds is 10. The fourth-order valence-corrected chi connectivity index (χ4v) is 6.38. The molecule has 5 rings (SSSR count). The lowest BCUT2D eigenvalue weighted by Crippen LogP contribution is -2.47. The number of carbonyl (C=O) groups excluding carboxylic acids is 3. The lowest BCUT2D eigenvalue weighted by molar-refractivity contribution is -0.151. The Morgan fingerprint density at radius 3 is 2.33 bits per heavy atom. The summed E-state index contributed by atoms with van der Waals surface area (Å²) >= 11 is 0. The highest BCUT2D eigenvalue weighted by molar-refractivity contribution is 6.01. The lowest BCUT2D eigenvalue weighted by Gasteiger charge is -2.38. The molecule has 12 heteroatoms. The Morgan fingerprint density at radius 2 is 1.69 bits per heavy atom. The number of carbonyl (C=O) groups is 3. The number of hydrogen-bond acceptors (Lipinski definition) is 8. The first kappa shape index (κ1) is 31.9. The van der Waals surface area contributed by atoms with E-state index in [1.165, 1.54) is 9.47 Å². The van der Waals surface area contributed by atoms with Gasteiger partial charge >= 0.3 is 11.8 Å². The Morgan fingerprint density at radius 1 is 0.978 bits per heavy atom. The SMILES string of the molecule is CCCCOC(=O)N(C)C1CCN(c2c(OC)ccc3c2n(C)c(=O)n3C2CCC(=O)N(Cc3ccc(OC)cc3)C2=O)CC1. The monoisotopic (exact) mass is 621 g/mol. The van der Waals surface area contributed by atoms with Crippen molar-refractivity contribution >= 4 is 34.6 Å². The molecule has 2 saturated heterocycles. The second-order valence-electron chi connectivity index (χ2n) is 11.7. The number of imidazole rings is 1. The molecular formula is C33H43N5O7. The van der Waals surface area contributed by atoms with Crippen molar-refractivity contribution in [3.63, 3.8) is 0 Å². The first-order valence-electron chi connectivity index (χ1n) is 15.6. The van der Waals surface area contributed by atoms with Gasteiger partial charge in [0.1, 0.15) is 23.2 Å². The van der Waals surface area contributed by atoms with Crippen LogP contribution in [0.3, 0.4) is 0 Å². The molecule has 12 nitrogen and oxygen atoms in total. The first-order valence-corrected chi connectivity index (χ1v) is 15.6. The topological polar surface area (TPSA) is 116 Å². The molecule has 0 N–H and O–H groups in total. The van der Waals surface area contributed by atoms with Crippen LogP contribution in [0.5, 0.6) is 11.5 Å². The van der Waals surface area contributed by atoms with Crippen molar-refractivity contribution < 1.29 is 28.6 Å². The van der Waals surface area contributed by atoms with E-state index in [0.29, 0.717) is 42.2 Å². The number of piperidine rings is 2. The fourth-order valence-electron chi connectivity index (χ4n) is 6.38. The van der Waals surface area contributed by atoms with E-state index in [1.807, 2.05) is 24.3 Å². The summed E-state index contributed by atoms with van der Waals surface area (Å²) in [6.45, 7) is 3.86. The van der Waals surface area contributed by atoms with Crippen LogP contribution in [0.25, 0.3) is 11.0 Å². The summed E-state index contributed by atoms with van der Waals surface area (Å²) < 4.78 is 19.5. The molecule has 2 fully saturated rings. The van der Waals surface area contributed by atoms with Crippen LogP contribution in [0.15, 0.2) is 41.2 Å². The number of aryl methyl sites for hydroxylation is 1. The number of amides is 3. The van der Waals surface area contributed by atoms with Crippen LogP contribution < -0.4 is 20.1 Å². The Hall–Kier alpha value is -4.48. The smallest absolute Gasteiger partial charge is 0.409 e. The van der Waals surface area contributed by atoms with Gasteiger partial charge in [-0.2, -0.15) is 0 Å². The molecule has 0 spiro atoms. The molecule has 0 saturated carbocycles. The third-order valence-electron chi connectivity index (χ3n) is 9.04. The van der Waals surface area contributed by atoms with Gasteiger partial charge in [-0.05, 0) is 55.5 Å². The number of methoxy groups -OCH3 is 2. The van der Waals surface area contributed by atoms with E-state index < -0.39 is 11.9 Å². The molecular weight excluding hydrogens is 578 g/mol. The van der Waals surface area contributed by atoms with Crippen LogP contribution in [0, 0.1) is 0 Å². The third kappa shape index (κ3) is 6.23. The van der Waals surface area contributed by atoms with E-state index in [-0.39, 0.29) is 43.1 Å². The number of benzene rings is 2. The van der Waals surface area contributed by atoms with Gasteiger partial charge < -0.3 is 24.0 Å². The van der Waals surface area contributed by atoms with Crippen molar-refractivity contribution in [2.24, 2.45) is 7.05 Å². The van der Waals surface area contributed by atoms with Crippen LogP contribution >= 0.6 is 0 Å². The van der Waals surface area contributed by atoms with E-state index >= 15 is 0 Å². The number of imide groups is 1. The van der Waals surface area contributed by atoms with Crippen LogP contribution in [-0.2, 0) is 27.9 Å². The fraction of sp³-hybridized carbons (Fsp3) is 0.515. The molecule has 2 aliphatic heterocycles. The minimum atomic E-state index is -0.823. The number of anilines is 1. The molecule has 3 amide bonds. The molecule has 0 radical (unpaired) electrons. The highest BCUT2D eigenvalue weighted by atomic mass is 16.6. The van der Waals surface area contributed by atoms with Gasteiger partial charge in [0.15, 0.2) is 0 Å². The molecule has 3 heterocycles. The van der Waals surface area contributed by atoms with Crippen molar-refractivity contribution in [1.82, 2.24) is 18.9 Å². The molecule has 0 aliphatic carbocycles. The molecule has 3 aromatic rings. The molecule has 1 aromatic heterocycles. The molecule has 0 bridgehead atoms.